The highest BCUT2D eigenvalue weighted by atomic mass is 16.5. The number of nitrogens with one attached hydrogen (secondary N) is 2. The fraction of sp³-hybridized carbons (Fsp3) is 0.533. The van der Waals surface area contributed by atoms with Crippen LogP contribution in [0.4, 0.5) is 4.79 Å². The number of ether oxygens (including phenoxy) is 1. The molecule has 1 aromatic carbocycles. The van der Waals surface area contributed by atoms with Crippen LogP contribution in [-0.4, -0.2) is 37.4 Å². The summed E-state index contributed by atoms with van der Waals surface area (Å²) in [4.78, 5) is 11.5. The monoisotopic (exact) mass is 280 g/mol. The zero-order valence-corrected chi connectivity index (χ0v) is 12.4. The highest BCUT2D eigenvalue weighted by molar-refractivity contribution is 5.73. The molecule has 3 N–H and O–H groups in total. The summed E-state index contributed by atoms with van der Waals surface area (Å²) >= 11 is 0. The van der Waals surface area contributed by atoms with Crippen LogP contribution in [0.3, 0.4) is 0 Å². The number of benzene rings is 1. The summed E-state index contributed by atoms with van der Waals surface area (Å²) in [5, 5.41) is 14.6. The molecule has 1 atom stereocenters. The predicted molar refractivity (Wildman–Crippen MR) is 79.1 cm³/mol. The number of aliphatic hydroxyl groups excluding tert-OH is 1. The van der Waals surface area contributed by atoms with Gasteiger partial charge >= 0.3 is 6.03 Å². The van der Waals surface area contributed by atoms with Gasteiger partial charge in [0.25, 0.3) is 0 Å². The van der Waals surface area contributed by atoms with Crippen LogP contribution in [0.2, 0.25) is 0 Å². The molecule has 0 spiro atoms. The van der Waals surface area contributed by atoms with Crippen LogP contribution in [0.15, 0.2) is 18.2 Å². The van der Waals surface area contributed by atoms with Crippen molar-refractivity contribution < 1.29 is 14.6 Å². The third-order valence-corrected chi connectivity index (χ3v) is 2.96. The first kappa shape index (κ1) is 16.3. The molecule has 5 heteroatoms. The summed E-state index contributed by atoms with van der Waals surface area (Å²) in [5.41, 5.74) is 2.25. The second-order valence-corrected chi connectivity index (χ2v) is 4.89. The van der Waals surface area contributed by atoms with Crippen LogP contribution < -0.4 is 15.4 Å². The van der Waals surface area contributed by atoms with Gasteiger partial charge in [-0.15, -0.1) is 0 Å². The third-order valence-electron chi connectivity index (χ3n) is 2.96. The van der Waals surface area contributed by atoms with Crippen molar-refractivity contribution in [3.05, 3.63) is 29.3 Å². The van der Waals surface area contributed by atoms with Crippen molar-refractivity contribution in [3.63, 3.8) is 0 Å². The van der Waals surface area contributed by atoms with Crippen LogP contribution >= 0.6 is 0 Å². The van der Waals surface area contributed by atoms with Crippen LogP contribution in [0.25, 0.3) is 0 Å². The highest BCUT2D eigenvalue weighted by Crippen LogP contribution is 2.19. The minimum Gasteiger partial charge on any atom is -0.496 e. The van der Waals surface area contributed by atoms with Gasteiger partial charge in [-0.1, -0.05) is 17.7 Å². The van der Waals surface area contributed by atoms with Gasteiger partial charge in [-0.3, -0.25) is 0 Å². The number of amides is 2. The van der Waals surface area contributed by atoms with Gasteiger partial charge in [-0.05, 0) is 38.3 Å². The van der Waals surface area contributed by atoms with Crippen LogP contribution in [-0.2, 0) is 6.42 Å². The van der Waals surface area contributed by atoms with Gasteiger partial charge in [0, 0.05) is 13.1 Å². The van der Waals surface area contributed by atoms with Gasteiger partial charge in [-0.2, -0.15) is 0 Å². The lowest BCUT2D eigenvalue weighted by Gasteiger charge is -2.11. The minimum atomic E-state index is -0.396. The molecule has 0 aliphatic carbocycles. The Labute approximate surface area is 120 Å². The first-order chi connectivity index (χ1) is 9.52. The van der Waals surface area contributed by atoms with Gasteiger partial charge in [0.15, 0.2) is 0 Å². The largest absolute Gasteiger partial charge is 0.496 e. The third kappa shape index (κ3) is 5.93. The number of aryl methyl sites for hydroxylation is 1. The summed E-state index contributed by atoms with van der Waals surface area (Å²) in [5.74, 6) is 0.840. The molecular weight excluding hydrogens is 256 g/mol. The topological polar surface area (TPSA) is 70.6 Å². The number of aliphatic hydroxyl groups is 1. The van der Waals surface area contributed by atoms with E-state index >= 15 is 0 Å². The summed E-state index contributed by atoms with van der Waals surface area (Å²) in [6, 6.07) is 5.79. The molecule has 1 rings (SSSR count). The van der Waals surface area contributed by atoms with Gasteiger partial charge in [-0.25, -0.2) is 4.79 Å². The van der Waals surface area contributed by atoms with E-state index in [4.69, 9.17) is 9.84 Å². The van der Waals surface area contributed by atoms with Gasteiger partial charge in [0.1, 0.15) is 5.75 Å². The van der Waals surface area contributed by atoms with Crippen molar-refractivity contribution in [1.29, 1.82) is 0 Å². The number of methoxy groups -OCH3 is 1. The SMILES string of the molecule is COc1ccc(C)cc1CCNC(=O)NCCC(C)O. The predicted octanol–water partition coefficient (Wildman–Crippen LogP) is 1.62. The molecule has 1 unspecified atom stereocenters. The Bertz CT molecular complexity index is 433. The molecule has 5 nitrogen and oxygen atoms in total. The van der Waals surface area contributed by atoms with Crippen LogP contribution in [0, 0.1) is 6.92 Å². The molecule has 0 aromatic heterocycles. The number of hydrogen-bond acceptors (Lipinski definition) is 3. The van der Waals surface area contributed by atoms with Crippen molar-refractivity contribution in [2.24, 2.45) is 0 Å². The smallest absolute Gasteiger partial charge is 0.314 e. The fourth-order valence-electron chi connectivity index (χ4n) is 1.87. The maximum absolute atomic E-state index is 11.5. The maximum atomic E-state index is 11.5. The Morgan fingerprint density at radius 1 is 1.35 bits per heavy atom. The van der Waals surface area contributed by atoms with Crippen molar-refractivity contribution >= 4 is 6.03 Å². The molecule has 20 heavy (non-hydrogen) atoms. The lowest BCUT2D eigenvalue weighted by atomic mass is 10.1. The first-order valence-electron chi connectivity index (χ1n) is 6.86. The fourth-order valence-corrected chi connectivity index (χ4v) is 1.87. The van der Waals surface area contributed by atoms with Gasteiger partial charge < -0.3 is 20.5 Å². The van der Waals surface area contributed by atoms with E-state index in [9.17, 15) is 4.79 Å². The summed E-state index contributed by atoms with van der Waals surface area (Å²) in [6.45, 7) is 4.74. The number of carbonyl (C=O) groups excluding carboxylic acids is 1. The van der Waals surface area contributed by atoms with Crippen molar-refractivity contribution in [1.82, 2.24) is 10.6 Å². The van der Waals surface area contributed by atoms with E-state index in [0.29, 0.717) is 25.9 Å². The number of carbonyl (C=O) groups is 1. The minimum absolute atomic E-state index is 0.211. The Morgan fingerprint density at radius 2 is 2.05 bits per heavy atom. The van der Waals surface area contributed by atoms with E-state index in [1.807, 2.05) is 19.1 Å². The average Bonchev–Trinajstić information content (AvgIpc) is 2.38. The Morgan fingerprint density at radius 3 is 2.70 bits per heavy atom. The zero-order valence-electron chi connectivity index (χ0n) is 12.4. The van der Waals surface area contributed by atoms with Crippen LogP contribution in [0.5, 0.6) is 5.75 Å². The summed E-state index contributed by atoms with van der Waals surface area (Å²) in [7, 11) is 1.64. The van der Waals surface area contributed by atoms with Gasteiger partial charge in [0.05, 0.1) is 13.2 Å². The molecule has 0 radical (unpaired) electrons. The van der Waals surface area contributed by atoms with Gasteiger partial charge in [0.2, 0.25) is 0 Å². The lowest BCUT2D eigenvalue weighted by molar-refractivity contribution is 0.183. The molecule has 0 aliphatic rings. The number of hydrogen-bond donors (Lipinski definition) is 3. The molecule has 1 aromatic rings. The molecule has 2 amide bonds. The molecule has 0 heterocycles. The Kier molecular flexibility index (Phi) is 6.87. The quantitative estimate of drug-likeness (QED) is 0.710. The molecule has 0 bridgehead atoms. The molecule has 0 aliphatic heterocycles. The number of urea groups is 1. The Hall–Kier alpha value is -1.75. The molecule has 0 fully saturated rings. The second-order valence-electron chi connectivity index (χ2n) is 4.89. The maximum Gasteiger partial charge on any atom is 0.314 e. The summed E-state index contributed by atoms with van der Waals surface area (Å²) < 4.78 is 5.29. The van der Waals surface area contributed by atoms with Crippen molar-refractivity contribution in [2.45, 2.75) is 32.8 Å². The second kappa shape index (κ2) is 8.43. The lowest BCUT2D eigenvalue weighted by Crippen LogP contribution is -2.37. The average molecular weight is 280 g/mol. The highest BCUT2D eigenvalue weighted by Gasteiger charge is 2.05. The van der Waals surface area contributed by atoms with E-state index in [2.05, 4.69) is 16.7 Å². The standard InChI is InChI=1S/C15H24N2O3/c1-11-4-5-14(20-3)13(10-11)7-9-17-15(19)16-8-6-12(2)18/h4-5,10,12,18H,6-9H2,1-3H3,(H2,16,17,19). The van der Waals surface area contributed by atoms with E-state index in [1.165, 1.54) is 5.56 Å². The van der Waals surface area contributed by atoms with Crippen molar-refractivity contribution in [2.75, 3.05) is 20.2 Å². The molecular formula is C15H24N2O3. The molecule has 112 valence electrons. The van der Waals surface area contributed by atoms with E-state index in [-0.39, 0.29) is 6.03 Å². The zero-order chi connectivity index (χ0) is 15.0. The van der Waals surface area contributed by atoms with E-state index < -0.39 is 6.10 Å². The van der Waals surface area contributed by atoms with E-state index in [0.717, 1.165) is 11.3 Å². The molecule has 0 saturated carbocycles. The number of rotatable bonds is 7. The van der Waals surface area contributed by atoms with Crippen molar-refractivity contribution in [3.8, 4) is 5.75 Å². The van der Waals surface area contributed by atoms with Crippen LogP contribution in [0.1, 0.15) is 24.5 Å². The summed E-state index contributed by atoms with van der Waals surface area (Å²) in [6.07, 6.45) is 0.875. The molecule has 0 saturated heterocycles. The van der Waals surface area contributed by atoms with E-state index in [1.54, 1.807) is 14.0 Å². The first-order valence-corrected chi connectivity index (χ1v) is 6.86. The Balaban J connectivity index is 2.33. The normalized spacial score (nSPS) is 11.8.